The van der Waals surface area contributed by atoms with Crippen LogP contribution in [0.2, 0.25) is 0 Å². The van der Waals surface area contributed by atoms with Crippen molar-refractivity contribution in [2.45, 2.75) is 37.5 Å². The number of aliphatic carboxylic acids is 1. The zero-order chi connectivity index (χ0) is 17.2. The van der Waals surface area contributed by atoms with Crippen LogP contribution in [0.25, 0.3) is 0 Å². The van der Waals surface area contributed by atoms with Gasteiger partial charge >= 0.3 is 5.97 Å². The number of amides is 1. The number of nitrogens with one attached hydrogen (secondary N) is 1. The average molecular weight is 340 g/mol. The third-order valence-corrected chi connectivity index (χ3v) is 5.26. The first-order chi connectivity index (χ1) is 10.7. The number of nitrogens with two attached hydrogens (primary N) is 1. The smallest absolute Gasteiger partial charge is 0.306 e. The number of carbonyl (C=O) groups excluding carboxylic acids is 1. The summed E-state index contributed by atoms with van der Waals surface area (Å²) in [5, 5.41) is 16.8. The SMILES string of the molecule is Cc1ccc(NC(=O)C2CCC(C(=O)O)CC2)cc1S(N)(=O)=O. The second-order valence-corrected chi connectivity index (χ2v) is 7.43. The molecule has 1 fully saturated rings. The number of carboxylic acid groups (broad SMARTS) is 1. The highest BCUT2D eigenvalue weighted by Gasteiger charge is 2.29. The number of sulfonamides is 1. The molecule has 1 saturated carbocycles. The summed E-state index contributed by atoms with van der Waals surface area (Å²) in [6, 6.07) is 4.53. The van der Waals surface area contributed by atoms with Crippen LogP contribution in [0.5, 0.6) is 0 Å². The van der Waals surface area contributed by atoms with Crippen molar-refractivity contribution in [1.29, 1.82) is 0 Å². The van der Waals surface area contributed by atoms with E-state index in [4.69, 9.17) is 10.2 Å². The van der Waals surface area contributed by atoms with Crippen LogP contribution < -0.4 is 10.5 Å². The second kappa shape index (κ2) is 6.67. The van der Waals surface area contributed by atoms with Crippen molar-refractivity contribution >= 4 is 27.6 Å². The minimum atomic E-state index is -3.85. The number of primary sulfonamides is 1. The fraction of sp³-hybridized carbons (Fsp3) is 0.467. The summed E-state index contributed by atoms with van der Waals surface area (Å²) in [5.41, 5.74) is 0.873. The van der Waals surface area contributed by atoms with Crippen molar-refractivity contribution in [2.24, 2.45) is 17.0 Å². The summed E-state index contributed by atoms with van der Waals surface area (Å²) < 4.78 is 23.0. The lowest BCUT2D eigenvalue weighted by Crippen LogP contribution is -2.29. The number of anilines is 1. The van der Waals surface area contributed by atoms with Gasteiger partial charge in [-0.25, -0.2) is 13.6 Å². The molecule has 126 valence electrons. The molecule has 4 N–H and O–H groups in total. The summed E-state index contributed by atoms with van der Waals surface area (Å²) in [5.74, 6) is -1.68. The molecular formula is C15H20N2O5S. The van der Waals surface area contributed by atoms with E-state index in [9.17, 15) is 18.0 Å². The molecule has 7 nitrogen and oxygen atoms in total. The first-order valence-electron chi connectivity index (χ1n) is 7.35. The van der Waals surface area contributed by atoms with E-state index in [-0.39, 0.29) is 22.6 Å². The highest BCUT2D eigenvalue weighted by Crippen LogP contribution is 2.30. The molecule has 0 aliphatic heterocycles. The third-order valence-electron chi connectivity index (χ3n) is 4.21. The van der Waals surface area contributed by atoms with Gasteiger partial charge in [0.05, 0.1) is 10.8 Å². The van der Waals surface area contributed by atoms with E-state index in [1.807, 2.05) is 0 Å². The minimum absolute atomic E-state index is 0.0233. The van der Waals surface area contributed by atoms with E-state index in [2.05, 4.69) is 5.32 Å². The van der Waals surface area contributed by atoms with Gasteiger partial charge in [0, 0.05) is 11.6 Å². The largest absolute Gasteiger partial charge is 0.481 e. The van der Waals surface area contributed by atoms with Crippen molar-refractivity contribution in [3.8, 4) is 0 Å². The van der Waals surface area contributed by atoms with Crippen molar-refractivity contribution in [3.63, 3.8) is 0 Å². The molecule has 0 heterocycles. The first-order valence-corrected chi connectivity index (χ1v) is 8.90. The Morgan fingerprint density at radius 2 is 1.74 bits per heavy atom. The Bertz CT molecular complexity index is 721. The molecule has 0 radical (unpaired) electrons. The van der Waals surface area contributed by atoms with Crippen LogP contribution in [-0.4, -0.2) is 25.4 Å². The van der Waals surface area contributed by atoms with Gasteiger partial charge in [0.15, 0.2) is 0 Å². The van der Waals surface area contributed by atoms with E-state index in [0.717, 1.165) is 0 Å². The highest BCUT2D eigenvalue weighted by molar-refractivity contribution is 7.89. The molecule has 1 aliphatic rings. The highest BCUT2D eigenvalue weighted by atomic mass is 32.2. The summed E-state index contributed by atoms with van der Waals surface area (Å²) in [6.07, 6.45) is 1.97. The van der Waals surface area contributed by atoms with E-state index < -0.39 is 16.0 Å². The molecular weight excluding hydrogens is 320 g/mol. The molecule has 0 unspecified atom stereocenters. The van der Waals surface area contributed by atoms with E-state index >= 15 is 0 Å². The Hall–Kier alpha value is -1.93. The Labute approximate surface area is 134 Å². The lowest BCUT2D eigenvalue weighted by atomic mass is 9.81. The van der Waals surface area contributed by atoms with E-state index in [0.29, 0.717) is 36.9 Å². The zero-order valence-electron chi connectivity index (χ0n) is 12.8. The van der Waals surface area contributed by atoms with Gasteiger partial charge < -0.3 is 10.4 Å². The molecule has 1 aliphatic carbocycles. The van der Waals surface area contributed by atoms with Crippen molar-refractivity contribution in [3.05, 3.63) is 23.8 Å². The van der Waals surface area contributed by atoms with Crippen LogP contribution in [0, 0.1) is 18.8 Å². The lowest BCUT2D eigenvalue weighted by Gasteiger charge is -2.25. The van der Waals surface area contributed by atoms with Crippen LogP contribution >= 0.6 is 0 Å². The average Bonchev–Trinajstić information content (AvgIpc) is 2.48. The van der Waals surface area contributed by atoms with Crippen LogP contribution in [0.3, 0.4) is 0 Å². The van der Waals surface area contributed by atoms with Crippen LogP contribution in [0.15, 0.2) is 23.1 Å². The number of hydrogen-bond acceptors (Lipinski definition) is 4. The summed E-state index contributed by atoms with van der Waals surface area (Å²) >= 11 is 0. The second-order valence-electron chi connectivity index (χ2n) is 5.90. The molecule has 0 saturated heterocycles. The quantitative estimate of drug-likeness (QED) is 0.765. The number of hydrogen-bond donors (Lipinski definition) is 3. The van der Waals surface area contributed by atoms with E-state index in [1.165, 1.54) is 6.07 Å². The Morgan fingerprint density at radius 3 is 2.26 bits per heavy atom. The topological polar surface area (TPSA) is 127 Å². The van der Waals surface area contributed by atoms with Crippen molar-refractivity contribution < 1.29 is 23.1 Å². The normalized spacial score (nSPS) is 21.7. The van der Waals surface area contributed by atoms with Crippen LogP contribution in [0.4, 0.5) is 5.69 Å². The van der Waals surface area contributed by atoms with Gasteiger partial charge in [0.1, 0.15) is 0 Å². The Kier molecular flexibility index (Phi) is 5.06. The monoisotopic (exact) mass is 340 g/mol. The maximum absolute atomic E-state index is 12.3. The van der Waals surface area contributed by atoms with Gasteiger partial charge in [0.2, 0.25) is 15.9 Å². The van der Waals surface area contributed by atoms with Crippen molar-refractivity contribution in [2.75, 3.05) is 5.32 Å². The molecule has 1 aromatic rings. The number of rotatable bonds is 4. The van der Waals surface area contributed by atoms with Crippen molar-refractivity contribution in [1.82, 2.24) is 0 Å². The molecule has 0 bridgehead atoms. The summed E-state index contributed by atoms with van der Waals surface area (Å²) in [7, 11) is -3.85. The van der Waals surface area contributed by atoms with Gasteiger partial charge in [0.25, 0.3) is 0 Å². The Balaban J connectivity index is 2.06. The number of aryl methyl sites for hydroxylation is 1. The molecule has 2 rings (SSSR count). The summed E-state index contributed by atoms with van der Waals surface area (Å²) in [4.78, 5) is 23.1. The molecule has 1 aromatic carbocycles. The minimum Gasteiger partial charge on any atom is -0.481 e. The molecule has 23 heavy (non-hydrogen) atoms. The number of carboxylic acids is 1. The maximum atomic E-state index is 12.3. The van der Waals surface area contributed by atoms with Crippen LogP contribution in [-0.2, 0) is 19.6 Å². The fourth-order valence-corrected chi connectivity index (χ4v) is 3.64. The standard InChI is InChI=1S/C15H20N2O5S/c1-9-2-7-12(8-13(9)23(16,21)22)17-14(18)10-3-5-11(6-4-10)15(19)20/h2,7-8,10-11H,3-6H2,1H3,(H,17,18)(H,19,20)(H2,16,21,22). The fourth-order valence-electron chi connectivity index (χ4n) is 2.83. The predicted molar refractivity (Wildman–Crippen MR) is 84.3 cm³/mol. The van der Waals surface area contributed by atoms with Gasteiger partial charge in [-0.2, -0.15) is 0 Å². The van der Waals surface area contributed by atoms with E-state index in [1.54, 1.807) is 19.1 Å². The lowest BCUT2D eigenvalue weighted by molar-refractivity contribution is -0.143. The van der Waals surface area contributed by atoms with Crippen LogP contribution in [0.1, 0.15) is 31.2 Å². The number of benzene rings is 1. The summed E-state index contributed by atoms with van der Waals surface area (Å²) in [6.45, 7) is 1.62. The Morgan fingerprint density at radius 1 is 1.17 bits per heavy atom. The van der Waals surface area contributed by atoms with Gasteiger partial charge in [-0.3, -0.25) is 9.59 Å². The molecule has 1 amide bonds. The molecule has 0 aromatic heterocycles. The van der Waals surface area contributed by atoms with Gasteiger partial charge in [-0.1, -0.05) is 6.07 Å². The van der Waals surface area contributed by atoms with Gasteiger partial charge in [-0.15, -0.1) is 0 Å². The van der Waals surface area contributed by atoms with Gasteiger partial charge in [-0.05, 0) is 50.3 Å². The third kappa shape index (κ3) is 4.29. The predicted octanol–water partition coefficient (Wildman–Crippen LogP) is 1.47. The molecule has 0 spiro atoms. The first kappa shape index (κ1) is 17.4. The molecule has 8 heteroatoms. The maximum Gasteiger partial charge on any atom is 0.306 e. The number of carbonyl (C=O) groups is 2. The molecule has 0 atom stereocenters. The zero-order valence-corrected chi connectivity index (χ0v) is 13.6.